The predicted molar refractivity (Wildman–Crippen MR) is 133 cm³/mol. The van der Waals surface area contributed by atoms with Crippen LogP contribution in [0.4, 0.5) is 5.69 Å². The Bertz CT molecular complexity index is 1230. The monoisotopic (exact) mass is 513 g/mol. The van der Waals surface area contributed by atoms with Gasteiger partial charge in [-0.2, -0.15) is 10.4 Å². The van der Waals surface area contributed by atoms with Gasteiger partial charge in [0.2, 0.25) is 11.8 Å². The summed E-state index contributed by atoms with van der Waals surface area (Å²) in [5, 5.41) is 23.7. The molecule has 1 aromatic heterocycles. The third kappa shape index (κ3) is 5.54. The Balaban J connectivity index is 1.58. The lowest BCUT2D eigenvalue weighted by Gasteiger charge is -2.28. The maximum Gasteiger partial charge on any atom is 0.352 e. The number of aromatic amines is 1. The van der Waals surface area contributed by atoms with Crippen LogP contribution in [0.1, 0.15) is 32.1 Å². The molecule has 11 nitrogen and oxygen atoms in total. The molecule has 1 atom stereocenters. The molecule has 12 heteroatoms. The fraction of sp³-hybridized carbons (Fsp3) is 0.458. The van der Waals surface area contributed by atoms with Gasteiger partial charge in [-0.15, -0.1) is 0 Å². The third-order valence-electron chi connectivity index (χ3n) is 6.41. The molecule has 0 spiro atoms. The van der Waals surface area contributed by atoms with Crippen LogP contribution in [0.2, 0.25) is 5.15 Å². The number of benzene rings is 1. The molecule has 3 N–H and O–H groups in total. The van der Waals surface area contributed by atoms with Gasteiger partial charge in [-0.05, 0) is 50.3 Å². The SMILES string of the molecule is COC(=O)/C(C#N)=C(\Nc1ccc2c(Cl)[nH]nc2c1)N[C@H]1CCCCN(CC(=O)N2CCCC2)C1=O. The summed E-state index contributed by atoms with van der Waals surface area (Å²) < 4.78 is 4.79. The zero-order chi connectivity index (χ0) is 25.7. The fourth-order valence-electron chi connectivity index (χ4n) is 4.48. The molecule has 0 bridgehead atoms. The van der Waals surface area contributed by atoms with Crippen molar-refractivity contribution >= 4 is 46.0 Å². The summed E-state index contributed by atoms with van der Waals surface area (Å²) in [6.45, 7) is 1.93. The minimum Gasteiger partial charge on any atom is -0.465 e. The molecule has 2 aliphatic rings. The quantitative estimate of drug-likeness (QED) is 0.290. The first-order chi connectivity index (χ1) is 17.4. The van der Waals surface area contributed by atoms with E-state index in [1.165, 1.54) is 7.11 Å². The lowest BCUT2D eigenvalue weighted by Crippen LogP contribution is -2.49. The first-order valence-corrected chi connectivity index (χ1v) is 12.3. The Kier molecular flexibility index (Phi) is 7.95. The number of likely N-dealkylation sites (tertiary alicyclic amines) is 2. The van der Waals surface area contributed by atoms with Crippen molar-refractivity contribution in [1.82, 2.24) is 25.3 Å². The molecule has 3 heterocycles. The van der Waals surface area contributed by atoms with Crippen molar-refractivity contribution in [2.75, 3.05) is 38.6 Å². The number of hydrogen-bond acceptors (Lipinski definition) is 8. The molecule has 0 radical (unpaired) electrons. The van der Waals surface area contributed by atoms with Crippen molar-refractivity contribution in [3.63, 3.8) is 0 Å². The Morgan fingerprint density at radius 1 is 1.25 bits per heavy atom. The lowest BCUT2D eigenvalue weighted by molar-refractivity contribution is -0.140. The minimum absolute atomic E-state index is 0.0161. The molecule has 2 aromatic rings. The lowest BCUT2D eigenvalue weighted by atomic mass is 10.1. The summed E-state index contributed by atoms with van der Waals surface area (Å²) in [5.74, 6) is -1.13. The third-order valence-corrected chi connectivity index (χ3v) is 6.70. The number of nitriles is 1. The van der Waals surface area contributed by atoms with Crippen LogP contribution in [0.15, 0.2) is 29.6 Å². The maximum absolute atomic E-state index is 13.4. The molecular formula is C24H28ClN7O4. The fourth-order valence-corrected chi connectivity index (χ4v) is 4.68. The van der Waals surface area contributed by atoms with Crippen LogP contribution < -0.4 is 10.6 Å². The summed E-state index contributed by atoms with van der Waals surface area (Å²) in [6.07, 6.45) is 3.92. The Labute approximate surface area is 213 Å². The van der Waals surface area contributed by atoms with E-state index in [0.29, 0.717) is 34.7 Å². The van der Waals surface area contributed by atoms with E-state index >= 15 is 0 Å². The van der Waals surface area contributed by atoms with Crippen LogP contribution >= 0.6 is 11.6 Å². The maximum atomic E-state index is 13.4. The molecule has 2 aliphatic heterocycles. The Morgan fingerprint density at radius 2 is 2.00 bits per heavy atom. The molecule has 2 amide bonds. The van der Waals surface area contributed by atoms with Crippen molar-refractivity contribution in [2.24, 2.45) is 0 Å². The van der Waals surface area contributed by atoms with Gasteiger partial charge in [-0.25, -0.2) is 4.79 Å². The summed E-state index contributed by atoms with van der Waals surface area (Å²) in [4.78, 5) is 41.9. The number of fused-ring (bicyclic) bond motifs is 1. The van der Waals surface area contributed by atoms with E-state index in [0.717, 1.165) is 38.8 Å². The normalized spacial score (nSPS) is 18.9. The molecule has 2 fully saturated rings. The van der Waals surface area contributed by atoms with Gasteiger partial charge in [0.05, 0.1) is 19.2 Å². The molecule has 1 aromatic carbocycles. The summed E-state index contributed by atoms with van der Waals surface area (Å²) in [5.41, 5.74) is 0.791. The van der Waals surface area contributed by atoms with E-state index in [2.05, 4.69) is 20.8 Å². The standard InChI is InChI=1S/C24H28ClN7O4/c1-36-24(35)17(13-26)22(27-15-7-8-16-19(12-15)29-30-21(16)25)28-18-6-2-3-11-32(23(18)34)14-20(33)31-9-4-5-10-31/h7-8,12,18,27-28H,2-6,9-11,14H2,1H3,(H,29,30)/b22-17+/t18-/m0/s1. The van der Waals surface area contributed by atoms with Gasteiger partial charge in [0.15, 0.2) is 5.57 Å². The number of ether oxygens (including phenoxy) is 1. The second-order valence-corrected chi connectivity index (χ2v) is 9.17. The number of esters is 1. The van der Waals surface area contributed by atoms with Gasteiger partial charge < -0.3 is 25.2 Å². The van der Waals surface area contributed by atoms with E-state index in [4.69, 9.17) is 16.3 Å². The van der Waals surface area contributed by atoms with Crippen molar-refractivity contribution in [1.29, 1.82) is 5.26 Å². The number of halogens is 1. The summed E-state index contributed by atoms with van der Waals surface area (Å²) >= 11 is 6.08. The molecule has 36 heavy (non-hydrogen) atoms. The second-order valence-electron chi connectivity index (χ2n) is 8.79. The highest BCUT2D eigenvalue weighted by Crippen LogP contribution is 2.25. The number of nitrogens with one attached hydrogen (secondary N) is 3. The topological polar surface area (TPSA) is 143 Å². The molecule has 0 unspecified atom stereocenters. The molecule has 0 saturated carbocycles. The van der Waals surface area contributed by atoms with Gasteiger partial charge in [-0.1, -0.05) is 11.6 Å². The number of aromatic nitrogens is 2. The van der Waals surface area contributed by atoms with Crippen molar-refractivity contribution in [3.8, 4) is 6.07 Å². The van der Waals surface area contributed by atoms with Gasteiger partial charge in [0.1, 0.15) is 23.1 Å². The number of carbonyl (C=O) groups is 3. The van der Waals surface area contributed by atoms with Crippen LogP contribution in [-0.2, 0) is 19.1 Å². The van der Waals surface area contributed by atoms with E-state index in [1.807, 2.05) is 6.07 Å². The zero-order valence-corrected chi connectivity index (χ0v) is 20.7. The van der Waals surface area contributed by atoms with Crippen LogP contribution in [0.25, 0.3) is 10.9 Å². The van der Waals surface area contributed by atoms with E-state index in [9.17, 15) is 19.6 Å². The van der Waals surface area contributed by atoms with Gasteiger partial charge >= 0.3 is 5.97 Å². The van der Waals surface area contributed by atoms with Gasteiger partial charge in [-0.3, -0.25) is 14.7 Å². The van der Waals surface area contributed by atoms with E-state index in [-0.39, 0.29) is 29.8 Å². The van der Waals surface area contributed by atoms with E-state index < -0.39 is 12.0 Å². The predicted octanol–water partition coefficient (Wildman–Crippen LogP) is 2.13. The van der Waals surface area contributed by atoms with Crippen molar-refractivity contribution < 1.29 is 19.1 Å². The number of hydrogen-bond donors (Lipinski definition) is 3. The highest BCUT2D eigenvalue weighted by molar-refractivity contribution is 6.34. The number of methoxy groups -OCH3 is 1. The number of anilines is 1. The number of rotatable bonds is 7. The molecular weight excluding hydrogens is 486 g/mol. The molecule has 190 valence electrons. The number of H-pyrrole nitrogens is 1. The minimum atomic E-state index is -0.849. The van der Waals surface area contributed by atoms with Crippen LogP contribution in [0.5, 0.6) is 0 Å². The highest BCUT2D eigenvalue weighted by atomic mass is 35.5. The first-order valence-electron chi connectivity index (χ1n) is 11.9. The van der Waals surface area contributed by atoms with E-state index in [1.54, 1.807) is 28.0 Å². The average molecular weight is 514 g/mol. The van der Waals surface area contributed by atoms with Crippen molar-refractivity contribution in [2.45, 2.75) is 38.1 Å². The number of nitrogens with zero attached hydrogens (tertiary/aromatic N) is 4. The Morgan fingerprint density at radius 3 is 2.72 bits per heavy atom. The molecule has 2 saturated heterocycles. The van der Waals surface area contributed by atoms with Gasteiger partial charge in [0.25, 0.3) is 0 Å². The first kappa shape index (κ1) is 25.3. The highest BCUT2D eigenvalue weighted by Gasteiger charge is 2.31. The van der Waals surface area contributed by atoms with Crippen molar-refractivity contribution in [3.05, 3.63) is 34.7 Å². The number of amides is 2. The summed E-state index contributed by atoms with van der Waals surface area (Å²) in [7, 11) is 1.18. The largest absolute Gasteiger partial charge is 0.465 e. The van der Waals surface area contributed by atoms with Crippen LogP contribution in [0.3, 0.4) is 0 Å². The molecule has 0 aliphatic carbocycles. The smallest absolute Gasteiger partial charge is 0.352 e. The average Bonchev–Trinajstić information content (AvgIpc) is 3.51. The summed E-state index contributed by atoms with van der Waals surface area (Å²) in [6, 6.07) is 6.28. The number of carbonyl (C=O) groups excluding carboxylic acids is 3. The van der Waals surface area contributed by atoms with Crippen LogP contribution in [0, 0.1) is 11.3 Å². The Hall–Kier alpha value is -3.78. The molecule has 4 rings (SSSR count). The van der Waals surface area contributed by atoms with Crippen LogP contribution in [-0.4, -0.2) is 77.1 Å². The zero-order valence-electron chi connectivity index (χ0n) is 20.0. The second kappa shape index (κ2) is 11.3. The van der Waals surface area contributed by atoms with Gasteiger partial charge in [0, 0.05) is 30.7 Å².